The number of hydrogen-bond donors (Lipinski definition) is 3. The number of aliphatic imine (C=N–C) groups is 1. The van der Waals surface area contributed by atoms with Gasteiger partial charge in [0.25, 0.3) is 10.0 Å². The number of carbonyl (C=O) groups is 2. The normalized spacial score (nSPS) is 15.4. The first-order valence-electron chi connectivity index (χ1n) is 9.63. The van der Waals surface area contributed by atoms with Gasteiger partial charge >= 0.3 is 6.09 Å². The maximum Gasteiger partial charge on any atom is 0.412 e. The molecule has 0 radical (unpaired) electrons. The van der Waals surface area contributed by atoms with Gasteiger partial charge < -0.3 is 14.8 Å². The molecule has 0 aliphatic carbocycles. The van der Waals surface area contributed by atoms with Crippen molar-refractivity contribution in [1.82, 2.24) is 4.72 Å². The van der Waals surface area contributed by atoms with E-state index in [1.54, 1.807) is 51.1 Å². The van der Waals surface area contributed by atoms with Crippen molar-refractivity contribution in [2.75, 3.05) is 24.3 Å². The van der Waals surface area contributed by atoms with Gasteiger partial charge in [0.2, 0.25) is 5.91 Å². The number of amides is 2. The summed E-state index contributed by atoms with van der Waals surface area (Å²) in [6.07, 6.45) is -0.669. The molecule has 170 valence electrons. The third-order valence-electron chi connectivity index (χ3n) is 4.16. The molecular weight excluding hydrogens is 436 g/mol. The molecule has 0 saturated heterocycles. The summed E-state index contributed by atoms with van der Waals surface area (Å²) in [5.41, 5.74) is 0.425. The molecule has 1 heterocycles. The Morgan fingerprint density at radius 3 is 2.50 bits per heavy atom. The monoisotopic (exact) mass is 460 g/mol. The van der Waals surface area contributed by atoms with Crippen LogP contribution < -0.4 is 20.1 Å². The number of rotatable bonds is 5. The van der Waals surface area contributed by atoms with Crippen molar-refractivity contribution in [3.05, 3.63) is 48.0 Å². The van der Waals surface area contributed by atoms with E-state index in [0.717, 1.165) is 0 Å². The minimum absolute atomic E-state index is 0.109. The first-order chi connectivity index (χ1) is 15.0. The summed E-state index contributed by atoms with van der Waals surface area (Å²) in [6, 6.07) is 11.1. The Balaban J connectivity index is 1.70. The maximum atomic E-state index is 12.4. The fraction of sp³-hybridized carbons (Fsp3) is 0.286. The summed E-state index contributed by atoms with van der Waals surface area (Å²) in [5.74, 6) is 0.0123. The Bertz CT molecular complexity index is 1190. The van der Waals surface area contributed by atoms with Crippen LogP contribution >= 0.6 is 0 Å². The Hall–Kier alpha value is -3.60. The highest BCUT2D eigenvalue weighted by molar-refractivity contribution is 7.90. The number of hydrogen-bond acceptors (Lipinski definition) is 7. The molecule has 0 saturated carbocycles. The molecule has 10 nitrogen and oxygen atoms in total. The zero-order valence-corrected chi connectivity index (χ0v) is 18.9. The van der Waals surface area contributed by atoms with Gasteiger partial charge in [0.05, 0.1) is 17.7 Å². The van der Waals surface area contributed by atoms with Crippen LogP contribution in [-0.4, -0.2) is 45.5 Å². The predicted molar refractivity (Wildman–Crippen MR) is 120 cm³/mol. The molecular formula is C21H24N4O6S. The van der Waals surface area contributed by atoms with Gasteiger partial charge in [0.15, 0.2) is 0 Å². The first kappa shape index (κ1) is 23.1. The standard InChI is InChI=1S/C21H24N4O6S/c1-21(2,3)31-20(27)24-15-11-13(9-10-16(15)30-4)23-18(26)12-22-19-14-7-5-6-8-17(14)32(28,29)25-19/h5-11H,12H2,1-4H3,(H,22,25)(H,23,26)(H,24,27). The average molecular weight is 461 g/mol. The minimum atomic E-state index is -3.68. The van der Waals surface area contributed by atoms with E-state index in [2.05, 4.69) is 20.3 Å². The van der Waals surface area contributed by atoms with Gasteiger partial charge in [-0.2, -0.15) is 0 Å². The zero-order chi connectivity index (χ0) is 23.5. The number of ether oxygens (including phenoxy) is 2. The number of amidine groups is 1. The molecule has 1 aliphatic rings. The SMILES string of the molecule is COc1ccc(NC(=O)CN=C2NS(=O)(=O)c3ccccc32)cc1NC(=O)OC(C)(C)C. The van der Waals surface area contributed by atoms with Gasteiger partial charge in [-0.1, -0.05) is 12.1 Å². The lowest BCUT2D eigenvalue weighted by Crippen LogP contribution is -2.27. The largest absolute Gasteiger partial charge is 0.495 e. The van der Waals surface area contributed by atoms with Crippen LogP contribution in [0.1, 0.15) is 26.3 Å². The molecule has 11 heteroatoms. The zero-order valence-electron chi connectivity index (χ0n) is 18.1. The molecule has 3 N–H and O–H groups in total. The number of methoxy groups -OCH3 is 1. The highest BCUT2D eigenvalue weighted by Gasteiger charge is 2.30. The van der Waals surface area contributed by atoms with Crippen molar-refractivity contribution in [3.8, 4) is 5.75 Å². The van der Waals surface area contributed by atoms with Crippen LogP contribution in [0.25, 0.3) is 0 Å². The van der Waals surface area contributed by atoms with Crippen LogP contribution in [-0.2, 0) is 19.6 Å². The minimum Gasteiger partial charge on any atom is -0.495 e. The third-order valence-corrected chi connectivity index (χ3v) is 5.56. The predicted octanol–water partition coefficient (Wildman–Crippen LogP) is 2.72. The first-order valence-corrected chi connectivity index (χ1v) is 11.1. The summed E-state index contributed by atoms with van der Waals surface area (Å²) >= 11 is 0. The van der Waals surface area contributed by atoms with Crippen molar-refractivity contribution >= 4 is 39.2 Å². The van der Waals surface area contributed by atoms with Crippen molar-refractivity contribution in [2.24, 2.45) is 4.99 Å². The van der Waals surface area contributed by atoms with Gasteiger partial charge in [0.1, 0.15) is 23.7 Å². The number of nitrogens with zero attached hydrogens (tertiary/aromatic N) is 1. The Kier molecular flexibility index (Phi) is 6.40. The topological polar surface area (TPSA) is 135 Å². The number of anilines is 2. The second-order valence-electron chi connectivity index (χ2n) is 7.86. The lowest BCUT2D eigenvalue weighted by Gasteiger charge is -2.20. The molecule has 32 heavy (non-hydrogen) atoms. The summed E-state index contributed by atoms with van der Waals surface area (Å²) in [5, 5.41) is 5.24. The molecule has 2 aromatic rings. The summed E-state index contributed by atoms with van der Waals surface area (Å²) in [7, 11) is -2.23. The van der Waals surface area contributed by atoms with Gasteiger partial charge in [0, 0.05) is 11.3 Å². The highest BCUT2D eigenvalue weighted by Crippen LogP contribution is 2.28. The molecule has 3 rings (SSSR count). The maximum absolute atomic E-state index is 12.4. The number of benzene rings is 2. The fourth-order valence-corrected chi connectivity index (χ4v) is 4.15. The number of sulfonamides is 1. The van der Waals surface area contributed by atoms with Crippen molar-refractivity contribution < 1.29 is 27.5 Å². The van der Waals surface area contributed by atoms with E-state index in [9.17, 15) is 18.0 Å². The Morgan fingerprint density at radius 2 is 1.81 bits per heavy atom. The second kappa shape index (κ2) is 8.87. The van der Waals surface area contributed by atoms with Crippen molar-refractivity contribution in [3.63, 3.8) is 0 Å². The van der Waals surface area contributed by atoms with Gasteiger partial charge in [-0.3, -0.25) is 19.8 Å². The van der Waals surface area contributed by atoms with Crippen LogP contribution in [0.15, 0.2) is 52.4 Å². The Morgan fingerprint density at radius 1 is 1.09 bits per heavy atom. The number of carbonyl (C=O) groups excluding carboxylic acids is 2. The van der Waals surface area contributed by atoms with Crippen LogP contribution in [0.2, 0.25) is 0 Å². The molecule has 0 atom stereocenters. The molecule has 0 unspecified atom stereocenters. The summed E-state index contributed by atoms with van der Waals surface area (Å²) in [6.45, 7) is 4.91. The Labute approximate surface area is 186 Å². The quantitative estimate of drug-likeness (QED) is 0.628. The van der Waals surface area contributed by atoms with E-state index in [4.69, 9.17) is 9.47 Å². The lowest BCUT2D eigenvalue weighted by atomic mass is 10.2. The molecule has 0 spiro atoms. The van der Waals surface area contributed by atoms with E-state index in [1.807, 2.05) is 0 Å². The van der Waals surface area contributed by atoms with Crippen molar-refractivity contribution in [2.45, 2.75) is 31.3 Å². The average Bonchev–Trinajstić information content (AvgIpc) is 2.96. The van der Waals surface area contributed by atoms with E-state index < -0.39 is 27.6 Å². The highest BCUT2D eigenvalue weighted by atomic mass is 32.2. The smallest absolute Gasteiger partial charge is 0.412 e. The molecule has 0 fully saturated rings. The van der Waals surface area contributed by atoms with Crippen molar-refractivity contribution in [1.29, 1.82) is 0 Å². The van der Waals surface area contributed by atoms with Crippen LogP contribution in [0, 0.1) is 0 Å². The van der Waals surface area contributed by atoms with E-state index >= 15 is 0 Å². The number of fused-ring (bicyclic) bond motifs is 1. The second-order valence-corrected chi connectivity index (χ2v) is 9.51. The van der Waals surface area contributed by atoms with Crippen LogP contribution in [0.5, 0.6) is 5.75 Å². The summed E-state index contributed by atoms with van der Waals surface area (Å²) < 4.78 is 37.1. The van der Waals surface area contributed by atoms with E-state index in [0.29, 0.717) is 22.7 Å². The lowest BCUT2D eigenvalue weighted by molar-refractivity contribution is -0.114. The van der Waals surface area contributed by atoms with Crippen LogP contribution in [0.3, 0.4) is 0 Å². The van der Waals surface area contributed by atoms with Crippen LogP contribution in [0.4, 0.5) is 16.2 Å². The summed E-state index contributed by atoms with van der Waals surface area (Å²) in [4.78, 5) is 28.7. The molecule has 0 aromatic heterocycles. The molecule has 1 aliphatic heterocycles. The van der Waals surface area contributed by atoms with E-state index in [1.165, 1.54) is 19.2 Å². The molecule has 0 bridgehead atoms. The number of nitrogens with one attached hydrogen (secondary N) is 3. The third kappa shape index (κ3) is 5.55. The van der Waals surface area contributed by atoms with Gasteiger partial charge in [-0.25, -0.2) is 13.2 Å². The van der Waals surface area contributed by atoms with Gasteiger partial charge in [-0.05, 0) is 51.1 Å². The fourth-order valence-electron chi connectivity index (χ4n) is 2.90. The molecule has 2 amide bonds. The van der Waals surface area contributed by atoms with Gasteiger partial charge in [-0.15, -0.1) is 0 Å². The van der Waals surface area contributed by atoms with E-state index in [-0.39, 0.29) is 17.3 Å². The molecule has 2 aromatic carbocycles.